The topological polar surface area (TPSA) is 20.3 Å². The van der Waals surface area contributed by atoms with Gasteiger partial charge < -0.3 is 4.90 Å². The van der Waals surface area contributed by atoms with Crippen LogP contribution in [0.5, 0.6) is 0 Å². The molecular formula is C13H16ClNOS. The molecule has 0 radical (unpaired) electrons. The van der Waals surface area contributed by atoms with Gasteiger partial charge in [0.15, 0.2) is 0 Å². The van der Waals surface area contributed by atoms with Crippen LogP contribution in [0.4, 0.5) is 0 Å². The van der Waals surface area contributed by atoms with E-state index in [0.717, 1.165) is 25.3 Å². The zero-order valence-electron chi connectivity index (χ0n) is 9.64. The molecule has 0 aromatic heterocycles. The average molecular weight is 270 g/mol. The van der Waals surface area contributed by atoms with E-state index in [1.54, 1.807) is 0 Å². The van der Waals surface area contributed by atoms with E-state index in [9.17, 15) is 4.79 Å². The van der Waals surface area contributed by atoms with Crippen molar-refractivity contribution in [1.29, 1.82) is 0 Å². The smallest absolute Gasteiger partial charge is 0.237 e. The van der Waals surface area contributed by atoms with Gasteiger partial charge in [-0.05, 0) is 12.0 Å². The summed E-state index contributed by atoms with van der Waals surface area (Å²) in [5, 5.41) is 0.504. The van der Waals surface area contributed by atoms with Crippen LogP contribution in [-0.4, -0.2) is 35.5 Å². The summed E-state index contributed by atoms with van der Waals surface area (Å²) in [7, 11) is 0. The van der Waals surface area contributed by atoms with Crippen LogP contribution in [0.25, 0.3) is 0 Å². The Balaban J connectivity index is 1.99. The zero-order valence-corrected chi connectivity index (χ0v) is 11.2. The molecule has 1 amide bonds. The van der Waals surface area contributed by atoms with Gasteiger partial charge in [-0.3, -0.25) is 4.79 Å². The maximum absolute atomic E-state index is 11.5. The number of hydrogen-bond acceptors (Lipinski definition) is 2. The van der Waals surface area contributed by atoms with Crippen molar-refractivity contribution < 1.29 is 4.79 Å². The van der Waals surface area contributed by atoms with Crippen molar-refractivity contribution in [2.45, 2.75) is 11.7 Å². The predicted molar refractivity (Wildman–Crippen MR) is 73.6 cm³/mol. The largest absolute Gasteiger partial charge is 0.341 e. The maximum Gasteiger partial charge on any atom is 0.237 e. The molecule has 4 heteroatoms. The van der Waals surface area contributed by atoms with Gasteiger partial charge >= 0.3 is 0 Å². The quantitative estimate of drug-likeness (QED) is 0.770. The molecule has 1 atom stereocenters. The minimum absolute atomic E-state index is 0.0565. The zero-order chi connectivity index (χ0) is 12.1. The molecule has 0 bridgehead atoms. The monoisotopic (exact) mass is 269 g/mol. The van der Waals surface area contributed by atoms with Gasteiger partial charge in [-0.25, -0.2) is 0 Å². The molecule has 0 aliphatic carbocycles. The average Bonchev–Trinajstić information content (AvgIpc) is 2.64. The van der Waals surface area contributed by atoms with Crippen LogP contribution < -0.4 is 0 Å². The van der Waals surface area contributed by atoms with E-state index in [0.29, 0.717) is 5.25 Å². The summed E-state index contributed by atoms with van der Waals surface area (Å²) in [4.78, 5) is 13.4. The molecule has 1 unspecified atom stereocenters. The van der Waals surface area contributed by atoms with E-state index >= 15 is 0 Å². The highest BCUT2D eigenvalue weighted by Gasteiger charge is 2.21. The summed E-state index contributed by atoms with van der Waals surface area (Å²) in [5.41, 5.74) is 1.36. The number of alkyl halides is 1. The van der Waals surface area contributed by atoms with Crippen molar-refractivity contribution in [3.8, 4) is 0 Å². The normalized spacial score (nSPS) is 21.0. The number of carbonyl (C=O) groups is 1. The van der Waals surface area contributed by atoms with Crippen LogP contribution in [0.1, 0.15) is 17.2 Å². The molecule has 1 aromatic rings. The summed E-state index contributed by atoms with van der Waals surface area (Å²) >= 11 is 7.53. The number of hydrogen-bond donors (Lipinski definition) is 0. The van der Waals surface area contributed by atoms with Crippen LogP contribution in [0.2, 0.25) is 0 Å². The van der Waals surface area contributed by atoms with Crippen LogP contribution in [0.15, 0.2) is 30.3 Å². The fraction of sp³-hybridized carbons (Fsp3) is 0.462. The van der Waals surface area contributed by atoms with Gasteiger partial charge in [0.2, 0.25) is 5.91 Å². The van der Waals surface area contributed by atoms with E-state index in [2.05, 4.69) is 24.3 Å². The van der Waals surface area contributed by atoms with Crippen molar-refractivity contribution in [2.24, 2.45) is 0 Å². The summed E-state index contributed by atoms with van der Waals surface area (Å²) in [6.07, 6.45) is 1.01. The van der Waals surface area contributed by atoms with E-state index in [-0.39, 0.29) is 11.8 Å². The van der Waals surface area contributed by atoms with Crippen molar-refractivity contribution in [3.05, 3.63) is 35.9 Å². The number of thioether (sulfide) groups is 1. The van der Waals surface area contributed by atoms with Crippen molar-refractivity contribution in [3.63, 3.8) is 0 Å². The Bertz CT molecular complexity index is 371. The lowest BCUT2D eigenvalue weighted by molar-refractivity contribution is -0.128. The molecular weight excluding hydrogens is 254 g/mol. The number of carbonyl (C=O) groups excluding carboxylic acids is 1. The Kier molecular flexibility index (Phi) is 4.75. The van der Waals surface area contributed by atoms with Crippen LogP contribution >= 0.6 is 23.4 Å². The van der Waals surface area contributed by atoms with Crippen molar-refractivity contribution in [1.82, 2.24) is 4.90 Å². The lowest BCUT2D eigenvalue weighted by Crippen LogP contribution is -2.33. The van der Waals surface area contributed by atoms with Gasteiger partial charge in [0.25, 0.3) is 0 Å². The number of rotatable bonds is 2. The van der Waals surface area contributed by atoms with Crippen LogP contribution in [-0.2, 0) is 4.79 Å². The Hall–Kier alpha value is -0.670. The lowest BCUT2D eigenvalue weighted by atomic mass is 10.1. The first-order chi connectivity index (χ1) is 8.31. The fourth-order valence-electron chi connectivity index (χ4n) is 2.04. The number of benzene rings is 1. The van der Waals surface area contributed by atoms with Crippen molar-refractivity contribution >= 4 is 29.3 Å². The molecule has 17 heavy (non-hydrogen) atoms. The van der Waals surface area contributed by atoms with Gasteiger partial charge in [0, 0.05) is 24.1 Å². The van der Waals surface area contributed by atoms with E-state index in [1.165, 1.54) is 5.56 Å². The third-order valence-electron chi connectivity index (χ3n) is 2.98. The van der Waals surface area contributed by atoms with Gasteiger partial charge in [-0.1, -0.05) is 30.3 Å². The third-order valence-corrected chi connectivity index (χ3v) is 4.54. The molecule has 1 aliphatic heterocycles. The molecule has 2 nitrogen and oxygen atoms in total. The lowest BCUT2D eigenvalue weighted by Gasteiger charge is -2.18. The number of nitrogens with zero attached hydrogens (tertiary/aromatic N) is 1. The van der Waals surface area contributed by atoms with Gasteiger partial charge in [-0.2, -0.15) is 11.8 Å². The fourth-order valence-corrected chi connectivity index (χ4v) is 3.44. The molecule has 92 valence electrons. The second kappa shape index (κ2) is 6.31. The molecule has 0 spiro atoms. The standard InChI is InChI=1S/C13H16ClNOS/c14-10-13(16)15-7-6-12(17-9-8-15)11-4-2-1-3-5-11/h1-5,12H,6-10H2. The molecule has 1 heterocycles. The molecule has 0 N–H and O–H groups in total. The predicted octanol–water partition coefficient (Wildman–Crippen LogP) is 2.93. The highest BCUT2D eigenvalue weighted by Crippen LogP contribution is 2.34. The Morgan fingerprint density at radius 1 is 1.35 bits per heavy atom. The summed E-state index contributed by atoms with van der Waals surface area (Å²) in [6, 6.07) is 10.5. The highest BCUT2D eigenvalue weighted by molar-refractivity contribution is 7.99. The second-order valence-corrected chi connectivity index (χ2v) is 5.65. The van der Waals surface area contributed by atoms with Crippen LogP contribution in [0, 0.1) is 0 Å². The third kappa shape index (κ3) is 3.39. The minimum atomic E-state index is 0.0565. The van der Waals surface area contributed by atoms with Gasteiger partial charge in [0.1, 0.15) is 5.88 Å². The Labute approximate surface area is 111 Å². The molecule has 1 saturated heterocycles. The summed E-state index contributed by atoms with van der Waals surface area (Å²) in [6.45, 7) is 1.64. The first-order valence-corrected chi connectivity index (χ1v) is 7.40. The molecule has 1 fully saturated rings. The maximum atomic E-state index is 11.5. The first kappa shape index (κ1) is 12.8. The Morgan fingerprint density at radius 3 is 2.82 bits per heavy atom. The Morgan fingerprint density at radius 2 is 2.12 bits per heavy atom. The highest BCUT2D eigenvalue weighted by atomic mass is 35.5. The summed E-state index contributed by atoms with van der Waals surface area (Å²) in [5.74, 6) is 1.14. The van der Waals surface area contributed by atoms with E-state index in [4.69, 9.17) is 11.6 Å². The minimum Gasteiger partial charge on any atom is -0.341 e. The number of halogens is 1. The van der Waals surface area contributed by atoms with E-state index < -0.39 is 0 Å². The van der Waals surface area contributed by atoms with Gasteiger partial charge in [-0.15, -0.1) is 11.6 Å². The second-order valence-electron chi connectivity index (χ2n) is 4.07. The first-order valence-electron chi connectivity index (χ1n) is 5.81. The molecule has 2 rings (SSSR count). The summed E-state index contributed by atoms with van der Waals surface area (Å²) < 4.78 is 0. The van der Waals surface area contributed by atoms with Gasteiger partial charge in [0.05, 0.1) is 0 Å². The number of amides is 1. The van der Waals surface area contributed by atoms with E-state index in [1.807, 2.05) is 22.7 Å². The van der Waals surface area contributed by atoms with Crippen molar-refractivity contribution in [2.75, 3.05) is 24.7 Å². The van der Waals surface area contributed by atoms with Crippen LogP contribution in [0.3, 0.4) is 0 Å². The molecule has 0 saturated carbocycles. The molecule has 1 aromatic carbocycles. The SMILES string of the molecule is O=C(CCl)N1CCSC(c2ccccc2)CC1. The molecule has 1 aliphatic rings.